The molecule has 1 heterocycles. The zero-order valence-corrected chi connectivity index (χ0v) is 10.7. The molecule has 1 fully saturated rings. The van der Waals surface area contributed by atoms with Crippen molar-refractivity contribution in [2.45, 2.75) is 37.4 Å². The van der Waals surface area contributed by atoms with Crippen LogP contribution in [0.3, 0.4) is 0 Å². The summed E-state index contributed by atoms with van der Waals surface area (Å²) in [6, 6.07) is 1.74. The van der Waals surface area contributed by atoms with E-state index in [1.807, 2.05) is 0 Å². The lowest BCUT2D eigenvalue weighted by atomic mass is 10.1. The number of pyridine rings is 1. The number of nitrogens with two attached hydrogens (primary N) is 1. The normalized spacial score (nSPS) is 16.2. The van der Waals surface area contributed by atoms with E-state index >= 15 is 0 Å². The van der Waals surface area contributed by atoms with Gasteiger partial charge in [0.1, 0.15) is 5.78 Å². The molecule has 0 radical (unpaired) electrons. The molecule has 1 aromatic heterocycles. The zero-order valence-electron chi connectivity index (χ0n) is 9.89. The van der Waals surface area contributed by atoms with Crippen LogP contribution in [-0.2, 0) is 11.2 Å². The highest BCUT2D eigenvalue weighted by Crippen LogP contribution is 2.29. The summed E-state index contributed by atoms with van der Waals surface area (Å²) in [6.45, 7) is 0. The molecule has 3 nitrogen and oxygen atoms in total. The van der Waals surface area contributed by atoms with Crippen molar-refractivity contribution in [3.05, 3.63) is 24.0 Å². The van der Waals surface area contributed by atoms with Gasteiger partial charge in [0.15, 0.2) is 0 Å². The molecule has 0 aliphatic heterocycles. The van der Waals surface area contributed by atoms with Gasteiger partial charge in [0, 0.05) is 35.3 Å². The molecule has 0 spiro atoms. The average Bonchev–Trinajstić information content (AvgIpc) is 2.82. The van der Waals surface area contributed by atoms with Crippen LogP contribution in [0.15, 0.2) is 18.5 Å². The highest BCUT2D eigenvalue weighted by atomic mass is 32.2. The van der Waals surface area contributed by atoms with Gasteiger partial charge < -0.3 is 5.73 Å². The van der Waals surface area contributed by atoms with Crippen LogP contribution in [0, 0.1) is 0 Å². The minimum Gasteiger partial charge on any atom is -0.398 e. The predicted octanol–water partition coefficient (Wildman–Crippen LogP) is 2.45. The number of thioether (sulfide) groups is 1. The van der Waals surface area contributed by atoms with Crippen LogP contribution in [0.25, 0.3) is 0 Å². The Kier molecular flexibility index (Phi) is 4.42. The molecule has 0 aromatic carbocycles. The minimum atomic E-state index is 0.251. The number of hydrogen-bond acceptors (Lipinski definition) is 4. The number of nitrogen functional groups attached to an aromatic ring is 1. The van der Waals surface area contributed by atoms with Crippen molar-refractivity contribution in [1.82, 2.24) is 4.98 Å². The molecule has 0 atom stereocenters. The smallest absolute Gasteiger partial charge is 0.147 e. The third-order valence-electron chi connectivity index (χ3n) is 3.11. The third-order valence-corrected chi connectivity index (χ3v) is 4.54. The Morgan fingerprint density at radius 3 is 2.94 bits per heavy atom. The second-order valence-corrected chi connectivity index (χ2v) is 5.80. The van der Waals surface area contributed by atoms with Crippen molar-refractivity contribution in [3.8, 4) is 0 Å². The van der Waals surface area contributed by atoms with Gasteiger partial charge in [-0.25, -0.2) is 0 Å². The Balaban J connectivity index is 1.79. The SMILES string of the molecule is Nc1ccncc1CC(=O)CSC1CCCC1. The quantitative estimate of drug-likeness (QED) is 0.872. The van der Waals surface area contributed by atoms with Gasteiger partial charge in [-0.1, -0.05) is 12.8 Å². The number of nitrogens with zero attached hydrogens (tertiary/aromatic N) is 1. The molecule has 2 N–H and O–H groups in total. The third kappa shape index (κ3) is 3.73. The Labute approximate surface area is 106 Å². The van der Waals surface area contributed by atoms with E-state index < -0.39 is 0 Å². The van der Waals surface area contributed by atoms with E-state index in [1.165, 1.54) is 25.7 Å². The average molecular weight is 250 g/mol. The van der Waals surface area contributed by atoms with E-state index in [1.54, 1.807) is 30.2 Å². The highest BCUT2D eigenvalue weighted by molar-refractivity contribution is 8.00. The number of rotatable bonds is 5. The molecular formula is C13H18N2OS. The van der Waals surface area contributed by atoms with E-state index in [2.05, 4.69) is 4.98 Å². The lowest BCUT2D eigenvalue weighted by molar-refractivity contribution is -0.116. The van der Waals surface area contributed by atoms with Crippen LogP contribution in [-0.4, -0.2) is 21.8 Å². The largest absolute Gasteiger partial charge is 0.398 e. The van der Waals surface area contributed by atoms with Crippen LogP contribution in [0.4, 0.5) is 5.69 Å². The monoisotopic (exact) mass is 250 g/mol. The fraction of sp³-hybridized carbons (Fsp3) is 0.538. The number of aromatic nitrogens is 1. The molecule has 0 saturated heterocycles. The minimum absolute atomic E-state index is 0.251. The standard InChI is InChI=1S/C13H18N2OS/c14-13-5-6-15-8-10(13)7-11(16)9-17-12-3-1-2-4-12/h5-6,8,12H,1-4,7,9H2,(H2,14,15). The van der Waals surface area contributed by atoms with Crippen LogP contribution >= 0.6 is 11.8 Å². The first-order chi connectivity index (χ1) is 8.25. The highest BCUT2D eigenvalue weighted by Gasteiger charge is 2.17. The molecule has 2 rings (SSSR count). The summed E-state index contributed by atoms with van der Waals surface area (Å²) in [5.41, 5.74) is 7.31. The van der Waals surface area contributed by atoms with E-state index in [0.717, 1.165) is 5.56 Å². The van der Waals surface area contributed by atoms with E-state index in [9.17, 15) is 4.79 Å². The first-order valence-corrected chi connectivity index (χ1v) is 7.12. The summed E-state index contributed by atoms with van der Waals surface area (Å²) in [5.74, 6) is 0.862. The Morgan fingerprint density at radius 2 is 2.24 bits per heavy atom. The van der Waals surface area contributed by atoms with Crippen molar-refractivity contribution in [3.63, 3.8) is 0 Å². The van der Waals surface area contributed by atoms with Gasteiger partial charge in [0.05, 0.1) is 5.75 Å². The number of hydrogen-bond donors (Lipinski definition) is 1. The summed E-state index contributed by atoms with van der Waals surface area (Å²) >= 11 is 1.81. The number of ketones is 1. The lowest BCUT2D eigenvalue weighted by Gasteiger charge is -2.08. The molecular weight excluding hydrogens is 232 g/mol. The van der Waals surface area contributed by atoms with E-state index in [0.29, 0.717) is 23.1 Å². The lowest BCUT2D eigenvalue weighted by Crippen LogP contribution is -2.10. The van der Waals surface area contributed by atoms with Crippen molar-refractivity contribution in [1.29, 1.82) is 0 Å². The summed E-state index contributed by atoms with van der Waals surface area (Å²) in [5, 5.41) is 0.699. The van der Waals surface area contributed by atoms with Crippen molar-refractivity contribution >= 4 is 23.2 Å². The van der Waals surface area contributed by atoms with Gasteiger partial charge in [-0.3, -0.25) is 9.78 Å². The maximum absolute atomic E-state index is 11.8. The molecule has 0 unspecified atom stereocenters. The van der Waals surface area contributed by atoms with Gasteiger partial charge in [0.2, 0.25) is 0 Å². The van der Waals surface area contributed by atoms with Crippen LogP contribution in [0.2, 0.25) is 0 Å². The van der Waals surface area contributed by atoms with Crippen LogP contribution in [0.5, 0.6) is 0 Å². The van der Waals surface area contributed by atoms with Gasteiger partial charge >= 0.3 is 0 Å². The molecule has 92 valence electrons. The van der Waals surface area contributed by atoms with Crippen molar-refractivity contribution in [2.24, 2.45) is 0 Å². The molecule has 0 amide bonds. The van der Waals surface area contributed by atoms with Gasteiger partial charge in [-0.15, -0.1) is 0 Å². The van der Waals surface area contributed by atoms with Crippen LogP contribution < -0.4 is 5.73 Å². The number of anilines is 1. The fourth-order valence-electron chi connectivity index (χ4n) is 2.11. The topological polar surface area (TPSA) is 56.0 Å². The maximum Gasteiger partial charge on any atom is 0.147 e. The second kappa shape index (κ2) is 6.05. The van der Waals surface area contributed by atoms with Crippen molar-refractivity contribution in [2.75, 3.05) is 11.5 Å². The maximum atomic E-state index is 11.8. The van der Waals surface area contributed by atoms with Gasteiger partial charge in [0.25, 0.3) is 0 Å². The molecule has 17 heavy (non-hydrogen) atoms. The summed E-state index contributed by atoms with van der Waals surface area (Å²) in [4.78, 5) is 15.8. The number of carbonyl (C=O) groups excluding carboxylic acids is 1. The molecule has 1 aliphatic carbocycles. The summed E-state index contributed by atoms with van der Waals surface area (Å²) < 4.78 is 0. The Morgan fingerprint density at radius 1 is 1.47 bits per heavy atom. The predicted molar refractivity (Wildman–Crippen MR) is 72.1 cm³/mol. The summed E-state index contributed by atoms with van der Waals surface area (Å²) in [6.07, 6.45) is 8.94. The summed E-state index contributed by atoms with van der Waals surface area (Å²) in [7, 11) is 0. The molecule has 4 heteroatoms. The number of Topliss-reactive ketones (excluding diaryl/α,β-unsaturated/α-hetero) is 1. The van der Waals surface area contributed by atoms with Crippen LogP contribution in [0.1, 0.15) is 31.2 Å². The Hall–Kier alpha value is -1.03. The zero-order chi connectivity index (χ0) is 12.1. The Bertz CT molecular complexity index is 389. The molecule has 1 aromatic rings. The van der Waals surface area contributed by atoms with E-state index in [4.69, 9.17) is 5.73 Å². The van der Waals surface area contributed by atoms with Gasteiger partial charge in [-0.05, 0) is 18.9 Å². The van der Waals surface area contributed by atoms with Gasteiger partial charge in [-0.2, -0.15) is 11.8 Å². The molecule has 1 saturated carbocycles. The van der Waals surface area contributed by atoms with E-state index in [-0.39, 0.29) is 5.78 Å². The second-order valence-electron chi connectivity index (χ2n) is 4.51. The number of carbonyl (C=O) groups is 1. The molecule has 0 bridgehead atoms. The molecule has 1 aliphatic rings. The first-order valence-electron chi connectivity index (χ1n) is 6.07. The fourth-order valence-corrected chi connectivity index (χ4v) is 3.31. The first kappa shape index (κ1) is 12.4. The van der Waals surface area contributed by atoms with Crippen molar-refractivity contribution < 1.29 is 4.79 Å².